The molecule has 0 radical (unpaired) electrons. The maximum Gasteiger partial charge on any atom is 2.00 e. The molecule has 0 N–H and O–H groups in total. The Morgan fingerprint density at radius 1 is 0.571 bits per heavy atom. The van der Waals surface area contributed by atoms with Gasteiger partial charge in [-0.3, -0.25) is 29.3 Å². The molecule has 21 heteroatoms. The van der Waals surface area contributed by atoms with Crippen LogP contribution in [0.3, 0.4) is 0 Å². The van der Waals surface area contributed by atoms with Gasteiger partial charge in [0.05, 0.1) is 41.0 Å². The first kappa shape index (κ1) is 61.3. The fourth-order valence-electron chi connectivity index (χ4n) is 8.21. The fourth-order valence-corrected chi connectivity index (χ4v) is 8.21. The predicted molar refractivity (Wildman–Crippen MR) is 292 cm³/mol. The van der Waals surface area contributed by atoms with E-state index in [4.69, 9.17) is 10.1 Å². The van der Waals surface area contributed by atoms with Crippen molar-refractivity contribution in [3.63, 3.8) is 0 Å². The van der Waals surface area contributed by atoms with E-state index >= 15 is 0 Å². The number of carbonyl (C=O) groups excluding carboxylic acids is 3. The maximum absolute atomic E-state index is 13.2. The first-order chi connectivity index (χ1) is 36.4. The van der Waals surface area contributed by atoms with Crippen LogP contribution in [0.1, 0.15) is 72.2 Å². The summed E-state index contributed by atoms with van der Waals surface area (Å²) in [4.78, 5) is 55.8. The van der Waals surface area contributed by atoms with Gasteiger partial charge in [-0.1, -0.05) is 17.9 Å². The van der Waals surface area contributed by atoms with Crippen LogP contribution in [0.2, 0.25) is 0 Å². The summed E-state index contributed by atoms with van der Waals surface area (Å²) in [5.41, 5.74) is 7.46. The second kappa shape index (κ2) is 29.7. The van der Waals surface area contributed by atoms with Crippen LogP contribution in [-0.4, -0.2) is 73.8 Å². The number of benzene rings is 2. The molecule has 0 amide bonds. The monoisotopic (exact) mass is 1150 g/mol. The minimum atomic E-state index is -4.57. The number of alkyl halides is 3. The van der Waals surface area contributed by atoms with Crippen LogP contribution in [0.5, 0.6) is 5.75 Å². The molecule has 7 rings (SSSR count). The number of isothiocyanates is 1. The minimum Gasteiger partial charge on any atom is -0.753 e. The van der Waals surface area contributed by atoms with Crippen molar-refractivity contribution in [3.8, 4) is 39.9 Å². The molecule has 0 aliphatic heterocycles. The van der Waals surface area contributed by atoms with Crippen molar-refractivity contribution in [3.05, 3.63) is 156 Å². The average Bonchev–Trinajstić information content (AvgIpc) is 3.90. The molecule has 5 heterocycles. The summed E-state index contributed by atoms with van der Waals surface area (Å²) in [6, 6.07) is 32.6. The van der Waals surface area contributed by atoms with Gasteiger partial charge >= 0.3 is 25.7 Å². The van der Waals surface area contributed by atoms with E-state index in [1.165, 1.54) is 17.7 Å². The zero-order valence-corrected chi connectivity index (χ0v) is 45.8. The standard InChI is InChI=1S/C33H40F3N6.C22H15N3O6.CNS.Ru/c1-21(2)40(22(3)4)25-9-13-27(14-10-25)42(28-15-11-26(12-16-28)41(23(5)6)24(7)8)29-17-18-37-30(19-29)31-20-32(39-38-31)33(34,35)36;26-13-29-7-3-16-1-5-23-19(9-16)21-11-18(31-15-28)12-22(25-21)20-10-17(2-6-24-20)4-8-30-14-27;2-1-3;/h9-24H,1-8H3;1-15H;;/q-1;;-1;+2/b;7-3+,8-4+;;. The second-order valence-corrected chi connectivity index (χ2v) is 17.6. The smallest absolute Gasteiger partial charge is 0.753 e. The van der Waals surface area contributed by atoms with Gasteiger partial charge in [-0.2, -0.15) is 18.3 Å². The van der Waals surface area contributed by atoms with Gasteiger partial charge in [0, 0.05) is 83.3 Å². The molecule has 2 aromatic carbocycles. The first-order valence-electron chi connectivity index (χ1n) is 23.6. The number of rotatable bonds is 20. The van der Waals surface area contributed by atoms with E-state index < -0.39 is 11.9 Å². The molecule has 0 atom stereocenters. The summed E-state index contributed by atoms with van der Waals surface area (Å²) in [5.74, 6) is 0.258. The Labute approximate surface area is 463 Å². The van der Waals surface area contributed by atoms with E-state index in [1.54, 1.807) is 73.2 Å². The number of nitrogens with zero attached hydrogens (tertiary/aromatic N) is 10. The van der Waals surface area contributed by atoms with Crippen molar-refractivity contribution < 1.29 is 61.2 Å². The quantitative estimate of drug-likeness (QED) is 0.0230. The van der Waals surface area contributed by atoms with Gasteiger partial charge in [0.2, 0.25) is 0 Å². The van der Waals surface area contributed by atoms with E-state index in [0.717, 1.165) is 45.6 Å². The molecule has 0 saturated heterocycles. The molecule has 0 fully saturated rings. The van der Waals surface area contributed by atoms with Crippen LogP contribution in [0.4, 0.5) is 41.6 Å². The van der Waals surface area contributed by atoms with Gasteiger partial charge in [-0.25, -0.2) is 4.98 Å². The van der Waals surface area contributed by atoms with Crippen LogP contribution < -0.4 is 24.5 Å². The molecule has 0 aliphatic rings. The van der Waals surface area contributed by atoms with Gasteiger partial charge in [0.15, 0.2) is 0 Å². The zero-order chi connectivity index (χ0) is 55.4. The molecular formula is C56H55F3N10O6RuS. The number of carbonyl (C=O) groups is 3. The Morgan fingerprint density at radius 2 is 0.987 bits per heavy atom. The molecular weight excluding hydrogens is 1100 g/mol. The van der Waals surface area contributed by atoms with Crippen molar-refractivity contribution in [1.82, 2.24) is 30.1 Å². The summed E-state index contributed by atoms with van der Waals surface area (Å²) in [7, 11) is 0. The zero-order valence-electron chi connectivity index (χ0n) is 43.2. The van der Waals surface area contributed by atoms with Crippen LogP contribution >= 0.6 is 12.2 Å². The minimum absolute atomic E-state index is 0. The number of pyridine rings is 4. The third kappa shape index (κ3) is 17.4. The summed E-state index contributed by atoms with van der Waals surface area (Å²) in [6.07, 6.45) is 5.82. The third-order valence-electron chi connectivity index (χ3n) is 11.0. The van der Waals surface area contributed by atoms with Gasteiger partial charge in [-0.05, 0) is 170 Å². The summed E-state index contributed by atoms with van der Waals surface area (Å²) < 4.78 is 53.8. The molecule has 0 saturated carbocycles. The topological polar surface area (TPSA) is 189 Å². The molecule has 16 nitrogen and oxygen atoms in total. The number of anilines is 5. The molecule has 0 bridgehead atoms. The van der Waals surface area contributed by atoms with Gasteiger partial charge in [0.1, 0.15) is 11.4 Å². The predicted octanol–water partition coefficient (Wildman–Crippen LogP) is 12.5. The van der Waals surface area contributed by atoms with Crippen LogP contribution in [-0.2, 0) is 49.5 Å². The number of aromatic nitrogens is 6. The number of hydrogen-bond donors (Lipinski definition) is 0. The van der Waals surface area contributed by atoms with Crippen molar-refractivity contribution in [1.29, 1.82) is 0 Å². The van der Waals surface area contributed by atoms with Gasteiger partial charge < -0.3 is 44.5 Å². The second-order valence-electron chi connectivity index (χ2n) is 17.5. The summed E-state index contributed by atoms with van der Waals surface area (Å²) >= 11 is 3.70. The van der Waals surface area contributed by atoms with Gasteiger partial charge in [0.25, 0.3) is 19.4 Å². The number of ether oxygens (including phenoxy) is 3. The third-order valence-corrected chi connectivity index (χ3v) is 11.0. The normalized spacial score (nSPS) is 11.0. The molecule has 7 aromatic rings. The summed E-state index contributed by atoms with van der Waals surface area (Å²) in [5, 5.41) is 15.6. The van der Waals surface area contributed by atoms with Crippen LogP contribution in [0.25, 0.3) is 51.7 Å². The summed E-state index contributed by atoms with van der Waals surface area (Å²) in [6.45, 7) is 18.3. The fraction of sp³-hybridized carbons (Fsp3) is 0.232. The largest absolute Gasteiger partial charge is 2.00 e. The molecule has 400 valence electrons. The van der Waals surface area contributed by atoms with E-state index in [9.17, 15) is 27.6 Å². The van der Waals surface area contributed by atoms with E-state index in [-0.39, 0.29) is 30.9 Å². The molecule has 5 aromatic heterocycles. The Morgan fingerprint density at radius 3 is 1.38 bits per heavy atom. The van der Waals surface area contributed by atoms with Crippen molar-refractivity contribution >= 4 is 77.4 Å². The Kier molecular flexibility index (Phi) is 23.7. The number of halogens is 3. The average molecular weight is 1150 g/mol. The molecule has 0 spiro atoms. The number of hydrogen-bond acceptors (Lipinski definition) is 15. The van der Waals surface area contributed by atoms with Crippen LogP contribution in [0, 0.1) is 0 Å². The Hall–Kier alpha value is -8.25. The van der Waals surface area contributed by atoms with Crippen molar-refractivity contribution in [2.75, 3.05) is 14.7 Å². The molecule has 0 aliphatic carbocycles. The van der Waals surface area contributed by atoms with Gasteiger partial charge in [-0.15, -0.1) is 0 Å². The number of thiocarbonyl (C=S) groups is 1. The maximum atomic E-state index is 13.2. The SMILES string of the molecule is CC(C)N(c1ccc(N(c2ccc(N(C(C)C)C(C)C)cc2)c2ccnc(-c3cc(C(F)(F)F)n[n-]3)c2)cc1)C(C)C.O=CO/C=C/c1ccnc(-c2cc(OC=O)cc(-c3cc(/C=C/OC=O)ccn3)n2)c1.[N-]=C=S.[Ru+2]. The van der Waals surface area contributed by atoms with Crippen molar-refractivity contribution in [2.45, 2.75) is 85.7 Å². The Balaban J connectivity index is 0.000000325. The van der Waals surface area contributed by atoms with Crippen LogP contribution in [0.15, 0.2) is 134 Å². The van der Waals surface area contributed by atoms with E-state index in [0.29, 0.717) is 72.1 Å². The first-order valence-corrected chi connectivity index (χ1v) is 24.0. The van der Waals surface area contributed by atoms with E-state index in [1.807, 2.05) is 6.07 Å². The molecule has 0 unspecified atom stereocenters. The Bertz CT molecular complexity index is 2950. The van der Waals surface area contributed by atoms with E-state index in [2.05, 4.69) is 170 Å². The van der Waals surface area contributed by atoms with Crippen molar-refractivity contribution in [2.24, 2.45) is 0 Å². The molecule has 77 heavy (non-hydrogen) atoms.